The van der Waals surface area contributed by atoms with Crippen LogP contribution < -0.4 is 5.56 Å². The SMILES string of the molecule is C=Cc1c(/C=C\C)sc2c1c1ccccc1c1c3ccccc3n(-c3nc4c(-c5ccccc5)nc(-c5ccccc5)c5c6ccccc6c(=O)n3c45)c21. The summed E-state index contributed by atoms with van der Waals surface area (Å²) in [7, 11) is 0. The summed E-state index contributed by atoms with van der Waals surface area (Å²) in [5, 5.41) is 8.09. The van der Waals surface area contributed by atoms with Crippen LogP contribution in [0.1, 0.15) is 17.4 Å². The maximum absolute atomic E-state index is 15.2. The van der Waals surface area contributed by atoms with E-state index in [-0.39, 0.29) is 5.56 Å². The standard InChI is InChI=1S/C48H30N4OS/c1-3-17-37-30(4-2)39-32-23-12-11-22-31(32)38-35-26-15-16-27-36(35)51(45(38)46(39)54-37)48-50-43-42(29-20-9-6-10-21-29)49-41(28-18-7-5-8-19-28)40-33-24-13-14-25-34(33)47(53)52(48)44(40)43/h3-27H,2H2,1H3/b17-3-. The Balaban J connectivity index is 1.43. The van der Waals surface area contributed by atoms with Gasteiger partial charge in [0.15, 0.2) is 0 Å². The molecule has 0 spiro atoms. The highest BCUT2D eigenvalue weighted by Gasteiger charge is 2.29. The second-order valence-electron chi connectivity index (χ2n) is 13.6. The molecule has 0 N–H and O–H groups in total. The van der Waals surface area contributed by atoms with Crippen molar-refractivity contribution in [3.05, 3.63) is 167 Å². The summed E-state index contributed by atoms with van der Waals surface area (Å²) in [6.07, 6.45) is 6.22. The van der Waals surface area contributed by atoms with Crippen molar-refractivity contribution in [2.45, 2.75) is 6.92 Å². The number of benzene rings is 6. The van der Waals surface area contributed by atoms with E-state index in [0.29, 0.717) is 16.9 Å². The van der Waals surface area contributed by atoms with Crippen LogP contribution in [0.5, 0.6) is 0 Å². The van der Waals surface area contributed by atoms with Gasteiger partial charge in [0.25, 0.3) is 5.56 Å². The van der Waals surface area contributed by atoms with E-state index < -0.39 is 0 Å². The largest absolute Gasteiger partial charge is 0.277 e. The molecule has 254 valence electrons. The van der Waals surface area contributed by atoms with Gasteiger partial charge in [-0.15, -0.1) is 11.3 Å². The predicted octanol–water partition coefficient (Wildman–Crippen LogP) is 12.3. The smallest absolute Gasteiger partial charge is 0.265 e. The topological polar surface area (TPSA) is 52.2 Å². The van der Waals surface area contributed by atoms with Crippen LogP contribution in [0.4, 0.5) is 0 Å². The van der Waals surface area contributed by atoms with Crippen molar-refractivity contribution in [1.29, 1.82) is 0 Å². The van der Waals surface area contributed by atoms with E-state index in [4.69, 9.17) is 9.97 Å². The molecule has 0 amide bonds. The molecule has 5 heterocycles. The van der Waals surface area contributed by atoms with Crippen molar-refractivity contribution in [2.24, 2.45) is 0 Å². The number of nitrogens with zero attached hydrogens (tertiary/aromatic N) is 4. The molecule has 11 aromatic rings. The van der Waals surface area contributed by atoms with E-state index in [1.165, 1.54) is 5.39 Å². The van der Waals surface area contributed by atoms with E-state index in [1.54, 1.807) is 11.3 Å². The molecule has 5 aromatic heterocycles. The van der Waals surface area contributed by atoms with Crippen LogP contribution in [0, 0.1) is 0 Å². The minimum absolute atomic E-state index is 0.115. The minimum Gasteiger partial charge on any atom is -0.277 e. The van der Waals surface area contributed by atoms with Crippen LogP contribution in [-0.4, -0.2) is 18.9 Å². The summed E-state index contributed by atoms with van der Waals surface area (Å²) in [5.41, 5.74) is 7.89. The average molecular weight is 711 g/mol. The summed E-state index contributed by atoms with van der Waals surface area (Å²) in [5.74, 6) is 0.541. The first-order valence-electron chi connectivity index (χ1n) is 18.0. The van der Waals surface area contributed by atoms with E-state index in [1.807, 2.05) is 78.1 Å². The van der Waals surface area contributed by atoms with Crippen LogP contribution >= 0.6 is 11.3 Å². The van der Waals surface area contributed by atoms with E-state index in [0.717, 1.165) is 86.5 Å². The highest BCUT2D eigenvalue weighted by Crippen LogP contribution is 2.48. The number of fused-ring (bicyclic) bond motifs is 10. The Hall–Kier alpha value is -6.89. The van der Waals surface area contributed by atoms with Gasteiger partial charge in [-0.25, -0.2) is 14.4 Å². The molecular formula is C48H30N4OS. The lowest BCUT2D eigenvalue weighted by Gasteiger charge is -2.14. The lowest BCUT2D eigenvalue weighted by Crippen LogP contribution is -2.17. The molecule has 0 fully saturated rings. The lowest BCUT2D eigenvalue weighted by atomic mass is 9.98. The average Bonchev–Trinajstić information content (AvgIpc) is 3.91. The monoisotopic (exact) mass is 710 g/mol. The number of aromatic nitrogens is 4. The van der Waals surface area contributed by atoms with Gasteiger partial charge in [-0.05, 0) is 41.3 Å². The molecule has 6 aromatic carbocycles. The molecule has 0 radical (unpaired) electrons. The van der Waals surface area contributed by atoms with Crippen LogP contribution in [0.3, 0.4) is 0 Å². The molecule has 0 aliphatic heterocycles. The van der Waals surface area contributed by atoms with Gasteiger partial charge in [-0.2, -0.15) is 0 Å². The fourth-order valence-corrected chi connectivity index (χ4v) is 9.90. The number of rotatable bonds is 5. The van der Waals surface area contributed by atoms with Crippen LogP contribution in [-0.2, 0) is 0 Å². The predicted molar refractivity (Wildman–Crippen MR) is 228 cm³/mol. The van der Waals surface area contributed by atoms with Crippen LogP contribution in [0.25, 0.3) is 110 Å². The number of pyridine rings is 2. The van der Waals surface area contributed by atoms with Crippen molar-refractivity contribution in [3.8, 4) is 28.5 Å². The molecule has 5 nitrogen and oxygen atoms in total. The third-order valence-electron chi connectivity index (χ3n) is 10.8. The van der Waals surface area contributed by atoms with Crippen LogP contribution in [0.15, 0.2) is 151 Å². The molecule has 0 aliphatic rings. The highest BCUT2D eigenvalue weighted by molar-refractivity contribution is 7.21. The number of hydrogen-bond acceptors (Lipinski definition) is 4. The van der Waals surface area contributed by atoms with Gasteiger partial charge >= 0.3 is 0 Å². The zero-order valence-electron chi connectivity index (χ0n) is 29.2. The lowest BCUT2D eigenvalue weighted by molar-refractivity contribution is 0.972. The third kappa shape index (κ3) is 4.06. The molecule has 54 heavy (non-hydrogen) atoms. The zero-order valence-corrected chi connectivity index (χ0v) is 30.1. The molecule has 0 aliphatic carbocycles. The summed E-state index contributed by atoms with van der Waals surface area (Å²) >= 11 is 1.75. The molecule has 0 saturated carbocycles. The summed E-state index contributed by atoms with van der Waals surface area (Å²) in [4.78, 5) is 27.3. The van der Waals surface area contributed by atoms with Gasteiger partial charge in [0.05, 0.1) is 32.6 Å². The normalized spacial score (nSPS) is 12.2. The van der Waals surface area contributed by atoms with E-state index in [2.05, 4.69) is 96.1 Å². The van der Waals surface area contributed by atoms with Gasteiger partial charge < -0.3 is 0 Å². The summed E-state index contributed by atoms with van der Waals surface area (Å²) in [6.45, 7) is 6.33. The molecular weight excluding hydrogens is 681 g/mol. The Morgan fingerprint density at radius 2 is 1.19 bits per heavy atom. The Kier molecular flexibility index (Phi) is 6.57. The van der Waals surface area contributed by atoms with Gasteiger partial charge in [0.2, 0.25) is 5.95 Å². The molecule has 6 heteroatoms. The van der Waals surface area contributed by atoms with Gasteiger partial charge in [0, 0.05) is 48.5 Å². The van der Waals surface area contributed by atoms with Gasteiger partial charge in [-0.1, -0.05) is 140 Å². The first kappa shape index (κ1) is 30.7. The van der Waals surface area contributed by atoms with Crippen molar-refractivity contribution in [2.75, 3.05) is 0 Å². The van der Waals surface area contributed by atoms with Gasteiger partial charge in [0.1, 0.15) is 5.52 Å². The van der Waals surface area contributed by atoms with Crippen molar-refractivity contribution >= 4 is 93.3 Å². The van der Waals surface area contributed by atoms with Crippen LogP contribution in [0.2, 0.25) is 0 Å². The van der Waals surface area contributed by atoms with E-state index in [9.17, 15) is 0 Å². The van der Waals surface area contributed by atoms with E-state index >= 15 is 4.79 Å². The number of hydrogen-bond donors (Lipinski definition) is 0. The first-order valence-corrected chi connectivity index (χ1v) is 18.9. The number of allylic oxidation sites excluding steroid dienone is 1. The fourth-order valence-electron chi connectivity index (χ4n) is 8.57. The number of para-hydroxylation sites is 1. The molecule has 0 bridgehead atoms. The summed E-state index contributed by atoms with van der Waals surface area (Å²) < 4.78 is 5.21. The summed E-state index contributed by atoms with van der Waals surface area (Å²) in [6, 6.07) is 45.5. The second kappa shape index (κ2) is 11.6. The molecule has 11 rings (SSSR count). The highest BCUT2D eigenvalue weighted by atomic mass is 32.1. The Morgan fingerprint density at radius 3 is 1.85 bits per heavy atom. The molecule has 0 saturated heterocycles. The quantitative estimate of drug-likeness (QED) is 0.167. The number of imidazole rings is 1. The Morgan fingerprint density at radius 1 is 0.611 bits per heavy atom. The maximum Gasteiger partial charge on any atom is 0.265 e. The van der Waals surface area contributed by atoms with Gasteiger partial charge in [-0.3, -0.25) is 9.36 Å². The maximum atomic E-state index is 15.2. The van der Waals surface area contributed by atoms with Crippen molar-refractivity contribution < 1.29 is 0 Å². The second-order valence-corrected chi connectivity index (χ2v) is 14.7. The number of thiophene rings is 1. The van der Waals surface area contributed by atoms with Crippen molar-refractivity contribution in [1.82, 2.24) is 18.9 Å². The Bertz CT molecular complexity index is 3430. The molecule has 0 atom stereocenters. The van der Waals surface area contributed by atoms with Crippen molar-refractivity contribution in [3.63, 3.8) is 0 Å². The third-order valence-corrected chi connectivity index (χ3v) is 11.9. The Labute approximate surface area is 313 Å². The zero-order chi connectivity index (χ0) is 36.1. The fraction of sp³-hybridized carbons (Fsp3) is 0.0208. The molecule has 0 unspecified atom stereocenters. The first-order chi connectivity index (χ1) is 26.7. The minimum atomic E-state index is -0.115.